The highest BCUT2D eigenvalue weighted by atomic mass is 16.7. The van der Waals surface area contributed by atoms with E-state index in [9.17, 15) is 35.7 Å². The Labute approximate surface area is 164 Å². The average Bonchev–Trinajstić information content (AvgIpc) is 2.62. The van der Waals surface area contributed by atoms with E-state index in [1.165, 1.54) is 12.2 Å². The van der Waals surface area contributed by atoms with Crippen molar-refractivity contribution in [3.05, 3.63) is 12.2 Å². The summed E-state index contributed by atoms with van der Waals surface area (Å²) in [5, 5.41) is 69.8. The third kappa shape index (κ3) is 4.58. The van der Waals surface area contributed by atoms with E-state index >= 15 is 0 Å². The van der Waals surface area contributed by atoms with Gasteiger partial charge in [-0.2, -0.15) is 0 Å². The molecular formula is C19H34O9. The Balaban J connectivity index is 2.13. The summed E-state index contributed by atoms with van der Waals surface area (Å²) < 4.78 is 10.8. The number of ether oxygens (including phenoxy) is 2. The lowest BCUT2D eigenvalue weighted by molar-refractivity contribution is -0.309. The van der Waals surface area contributed by atoms with Crippen molar-refractivity contribution in [2.24, 2.45) is 11.3 Å². The highest BCUT2D eigenvalue weighted by molar-refractivity contribution is 5.15. The van der Waals surface area contributed by atoms with Crippen LogP contribution in [-0.4, -0.2) is 97.5 Å². The monoisotopic (exact) mass is 406 g/mol. The zero-order valence-electron chi connectivity index (χ0n) is 16.5. The van der Waals surface area contributed by atoms with Crippen LogP contribution in [0.25, 0.3) is 0 Å². The third-order valence-corrected chi connectivity index (χ3v) is 6.11. The van der Waals surface area contributed by atoms with Gasteiger partial charge in [-0.3, -0.25) is 0 Å². The van der Waals surface area contributed by atoms with Crippen LogP contribution in [0.4, 0.5) is 0 Å². The van der Waals surface area contributed by atoms with Crippen molar-refractivity contribution in [1.29, 1.82) is 0 Å². The molecule has 1 aliphatic carbocycles. The van der Waals surface area contributed by atoms with E-state index in [1.54, 1.807) is 0 Å². The molecule has 0 aromatic heterocycles. The van der Waals surface area contributed by atoms with Crippen molar-refractivity contribution in [3.63, 3.8) is 0 Å². The molecule has 1 saturated carbocycles. The first-order valence-electron chi connectivity index (χ1n) is 9.63. The summed E-state index contributed by atoms with van der Waals surface area (Å²) in [5.74, 6) is -0.242. The van der Waals surface area contributed by atoms with Gasteiger partial charge < -0.3 is 45.2 Å². The van der Waals surface area contributed by atoms with Crippen LogP contribution < -0.4 is 0 Å². The van der Waals surface area contributed by atoms with Crippen LogP contribution in [-0.2, 0) is 9.47 Å². The summed E-state index contributed by atoms with van der Waals surface area (Å²) in [4.78, 5) is 0. The fraction of sp³-hybridized carbons (Fsp3) is 0.895. The summed E-state index contributed by atoms with van der Waals surface area (Å²) >= 11 is 0. The molecule has 1 aliphatic heterocycles. The van der Waals surface area contributed by atoms with E-state index in [0.717, 1.165) is 0 Å². The summed E-state index contributed by atoms with van der Waals surface area (Å²) in [6.07, 6.45) is -4.80. The molecule has 2 aliphatic rings. The van der Waals surface area contributed by atoms with Crippen molar-refractivity contribution in [1.82, 2.24) is 0 Å². The van der Waals surface area contributed by atoms with Crippen LogP contribution in [0, 0.1) is 11.3 Å². The van der Waals surface area contributed by atoms with E-state index in [-0.39, 0.29) is 5.92 Å². The largest absolute Gasteiger partial charge is 0.394 e. The molecule has 0 aromatic rings. The Kier molecular flexibility index (Phi) is 7.63. The molecule has 1 saturated heterocycles. The molecule has 164 valence electrons. The maximum Gasteiger partial charge on any atom is 0.187 e. The zero-order valence-corrected chi connectivity index (χ0v) is 16.5. The second-order valence-electron chi connectivity index (χ2n) is 8.62. The number of aliphatic hydroxyl groups excluding tert-OH is 6. The summed E-state index contributed by atoms with van der Waals surface area (Å²) in [6, 6.07) is 0. The summed E-state index contributed by atoms with van der Waals surface area (Å²) in [5.41, 5.74) is -1.87. The predicted molar refractivity (Wildman–Crippen MR) is 98.0 cm³/mol. The van der Waals surface area contributed by atoms with Crippen molar-refractivity contribution < 1.29 is 45.2 Å². The molecule has 2 fully saturated rings. The highest BCUT2D eigenvalue weighted by Gasteiger charge is 2.50. The van der Waals surface area contributed by atoms with Crippen LogP contribution in [0.2, 0.25) is 0 Å². The predicted octanol–water partition coefficient (Wildman–Crippen LogP) is -1.73. The Morgan fingerprint density at radius 3 is 2.29 bits per heavy atom. The summed E-state index contributed by atoms with van der Waals surface area (Å²) in [7, 11) is 0. The normalized spacial score (nSPS) is 45.3. The van der Waals surface area contributed by atoms with Gasteiger partial charge in [-0.1, -0.05) is 32.9 Å². The quantitative estimate of drug-likeness (QED) is 0.254. The van der Waals surface area contributed by atoms with Gasteiger partial charge in [-0.15, -0.1) is 0 Å². The molecule has 0 spiro atoms. The first-order valence-corrected chi connectivity index (χ1v) is 9.63. The van der Waals surface area contributed by atoms with Gasteiger partial charge in [-0.05, 0) is 24.2 Å². The van der Waals surface area contributed by atoms with Crippen molar-refractivity contribution >= 4 is 0 Å². The van der Waals surface area contributed by atoms with Crippen LogP contribution in [0.15, 0.2) is 12.2 Å². The van der Waals surface area contributed by atoms with Crippen LogP contribution >= 0.6 is 0 Å². The van der Waals surface area contributed by atoms with Gasteiger partial charge in [0.15, 0.2) is 6.29 Å². The van der Waals surface area contributed by atoms with E-state index in [0.29, 0.717) is 12.8 Å². The highest BCUT2D eigenvalue weighted by Crippen LogP contribution is 2.48. The molecule has 1 heterocycles. The lowest BCUT2D eigenvalue weighted by Crippen LogP contribution is -2.59. The molecule has 2 rings (SSSR count). The van der Waals surface area contributed by atoms with Gasteiger partial charge in [0.05, 0.1) is 24.9 Å². The molecule has 0 bridgehead atoms. The van der Waals surface area contributed by atoms with Crippen molar-refractivity contribution in [2.45, 2.75) is 82.1 Å². The number of aliphatic hydroxyl groups is 7. The molecule has 0 unspecified atom stereocenters. The first-order chi connectivity index (χ1) is 13.0. The average molecular weight is 406 g/mol. The second-order valence-corrected chi connectivity index (χ2v) is 8.62. The molecule has 0 aromatic carbocycles. The summed E-state index contributed by atoms with van der Waals surface area (Å²) in [6.45, 7) is 4.46. The molecular weight excluding hydrogens is 372 g/mol. The third-order valence-electron chi connectivity index (χ3n) is 6.11. The molecule has 9 nitrogen and oxygen atoms in total. The Morgan fingerprint density at radius 2 is 1.75 bits per heavy atom. The minimum atomic E-state index is -1.58. The van der Waals surface area contributed by atoms with Gasteiger partial charge in [-0.25, -0.2) is 0 Å². The number of rotatable bonds is 6. The molecule has 9 heteroatoms. The van der Waals surface area contributed by atoms with E-state index < -0.39 is 67.1 Å². The number of hydrogen-bond donors (Lipinski definition) is 7. The van der Waals surface area contributed by atoms with E-state index in [2.05, 4.69) is 0 Å². The topological polar surface area (TPSA) is 160 Å². The zero-order chi connectivity index (χ0) is 21.3. The van der Waals surface area contributed by atoms with Gasteiger partial charge in [0.2, 0.25) is 0 Å². The van der Waals surface area contributed by atoms with Crippen LogP contribution in [0.3, 0.4) is 0 Å². The fourth-order valence-electron chi connectivity index (χ4n) is 4.24. The van der Waals surface area contributed by atoms with Gasteiger partial charge >= 0.3 is 0 Å². The molecule has 9 atom stereocenters. The van der Waals surface area contributed by atoms with Crippen molar-refractivity contribution in [2.75, 3.05) is 13.2 Å². The lowest BCUT2D eigenvalue weighted by atomic mass is 9.60. The van der Waals surface area contributed by atoms with E-state index in [1.807, 2.05) is 20.8 Å². The van der Waals surface area contributed by atoms with Gasteiger partial charge in [0.1, 0.15) is 30.5 Å². The van der Waals surface area contributed by atoms with Gasteiger partial charge in [0.25, 0.3) is 0 Å². The van der Waals surface area contributed by atoms with Crippen LogP contribution in [0.5, 0.6) is 0 Å². The minimum Gasteiger partial charge on any atom is -0.394 e. The standard InChI is InChI=1S/C19H34O9/c1-10-6-11(22)7-18(2,3)19(10,26)5-4-12(8-20)27-17-16(25)15(24)14(23)13(9-21)28-17/h4-5,10-17,20-26H,6-9H2,1-3H3/b5-4+/t10-,11+,12+,13-,14-,15+,16-,17-,19-/m1/s1. The number of hydrogen-bond acceptors (Lipinski definition) is 9. The Bertz CT molecular complexity index is 537. The Hall–Kier alpha value is -0.620. The minimum absolute atomic E-state index is 0.242. The Morgan fingerprint density at radius 1 is 1.11 bits per heavy atom. The molecule has 28 heavy (non-hydrogen) atoms. The molecule has 0 radical (unpaired) electrons. The molecule has 7 N–H and O–H groups in total. The fourth-order valence-corrected chi connectivity index (χ4v) is 4.24. The van der Waals surface area contributed by atoms with E-state index in [4.69, 9.17) is 9.47 Å². The smallest absolute Gasteiger partial charge is 0.187 e. The first kappa shape index (κ1) is 23.7. The van der Waals surface area contributed by atoms with Crippen LogP contribution in [0.1, 0.15) is 33.6 Å². The molecule has 0 amide bonds. The SMILES string of the molecule is C[C@@H]1C[C@H](O)CC(C)(C)[C@@]1(O)/C=C/[C@@H](CO)O[C@@H]1O[C@H](CO)[C@@H](O)[C@H](O)[C@H]1O. The second kappa shape index (κ2) is 9.03. The maximum atomic E-state index is 11.2. The van der Waals surface area contributed by atoms with Gasteiger partial charge in [0, 0.05) is 0 Å². The van der Waals surface area contributed by atoms with Crippen molar-refractivity contribution in [3.8, 4) is 0 Å². The maximum absolute atomic E-state index is 11.2. The lowest BCUT2D eigenvalue weighted by Gasteiger charge is -2.50.